The van der Waals surface area contributed by atoms with Gasteiger partial charge in [0.1, 0.15) is 11.5 Å². The minimum atomic E-state index is -4.78. The first-order valence-electron chi connectivity index (χ1n) is 12.1. The number of hydrogen-bond donors (Lipinski definition) is 1. The number of benzene rings is 2. The lowest BCUT2D eigenvalue weighted by molar-refractivity contribution is -0.274. The number of esters is 1. The Kier molecular flexibility index (Phi) is 8.72. The van der Waals surface area contributed by atoms with Crippen molar-refractivity contribution in [2.45, 2.75) is 52.1 Å². The van der Waals surface area contributed by atoms with Crippen LogP contribution in [0.25, 0.3) is 17.0 Å². The summed E-state index contributed by atoms with van der Waals surface area (Å²) in [5.41, 5.74) is 1.13. The van der Waals surface area contributed by atoms with E-state index in [9.17, 15) is 18.0 Å². The maximum absolute atomic E-state index is 12.5. The molecule has 0 saturated heterocycles. The zero-order valence-corrected chi connectivity index (χ0v) is 23.3. The molecule has 1 unspecified atom stereocenters. The van der Waals surface area contributed by atoms with Gasteiger partial charge in [0.05, 0.1) is 28.6 Å². The minimum absolute atomic E-state index is 0.225. The summed E-state index contributed by atoms with van der Waals surface area (Å²) in [5, 5.41) is 8.25. The van der Waals surface area contributed by atoms with Gasteiger partial charge >= 0.3 is 12.3 Å². The molecule has 0 bridgehead atoms. The number of carbonyl (C=O) groups excluding carboxylic acids is 1. The van der Waals surface area contributed by atoms with E-state index >= 15 is 0 Å². The van der Waals surface area contributed by atoms with E-state index in [1.165, 1.54) is 24.3 Å². The lowest BCUT2D eigenvalue weighted by atomic mass is 9.88. The van der Waals surface area contributed by atoms with E-state index in [4.69, 9.17) is 21.1 Å². The number of aromatic nitrogens is 2. The van der Waals surface area contributed by atoms with Crippen molar-refractivity contribution in [2.24, 2.45) is 0 Å². The Morgan fingerprint density at radius 3 is 2.23 bits per heavy atom. The average Bonchev–Trinajstić information content (AvgIpc) is 3.31. The van der Waals surface area contributed by atoms with Crippen LogP contribution >= 0.6 is 11.6 Å². The Labute approximate surface area is 230 Å². The monoisotopic (exact) mass is 565 g/mol. The van der Waals surface area contributed by atoms with Crippen LogP contribution in [0, 0.1) is 0 Å². The predicted octanol–water partition coefficient (Wildman–Crippen LogP) is 6.80. The van der Waals surface area contributed by atoms with E-state index in [1.54, 1.807) is 51.6 Å². The van der Waals surface area contributed by atoms with Crippen molar-refractivity contribution in [1.82, 2.24) is 15.1 Å². The van der Waals surface area contributed by atoms with Gasteiger partial charge in [-0.3, -0.25) is 0 Å². The molecular weight excluding hydrogens is 535 g/mol. The van der Waals surface area contributed by atoms with Crippen molar-refractivity contribution >= 4 is 23.3 Å². The second kappa shape index (κ2) is 11.3. The average molecular weight is 566 g/mol. The number of nitrogens with one attached hydrogen (secondary N) is 1. The minimum Gasteiger partial charge on any atom is -0.475 e. The molecule has 1 atom stereocenters. The maximum atomic E-state index is 12.5. The summed E-state index contributed by atoms with van der Waals surface area (Å²) in [6.07, 6.45) is -4.78. The number of carbonyl (C=O) groups is 1. The fraction of sp³-hybridized carbons (Fsp3) is 0.357. The van der Waals surface area contributed by atoms with Crippen molar-refractivity contribution in [3.8, 4) is 22.8 Å². The molecule has 11 heteroatoms. The second-order valence-electron chi connectivity index (χ2n) is 9.49. The third-order valence-electron chi connectivity index (χ3n) is 6.11. The van der Waals surface area contributed by atoms with Crippen molar-refractivity contribution in [3.05, 3.63) is 71.4 Å². The normalized spacial score (nSPS) is 13.5. The molecule has 0 aliphatic carbocycles. The number of alkyl halides is 3. The van der Waals surface area contributed by atoms with E-state index in [1.807, 2.05) is 19.1 Å². The van der Waals surface area contributed by atoms with E-state index in [0.717, 1.165) is 5.56 Å². The molecule has 1 aromatic heterocycles. The highest BCUT2D eigenvalue weighted by Gasteiger charge is 2.35. The molecule has 0 saturated carbocycles. The van der Waals surface area contributed by atoms with Crippen LogP contribution < -0.4 is 14.8 Å². The van der Waals surface area contributed by atoms with Gasteiger partial charge in [-0.1, -0.05) is 24.2 Å². The Hall–Kier alpha value is -3.50. The van der Waals surface area contributed by atoms with Crippen LogP contribution in [-0.4, -0.2) is 41.4 Å². The molecule has 0 amide bonds. The quantitative estimate of drug-likeness (QED) is 0.273. The molecule has 39 heavy (non-hydrogen) atoms. The van der Waals surface area contributed by atoms with Crippen LogP contribution in [0.15, 0.2) is 55.1 Å². The lowest BCUT2D eigenvalue weighted by Gasteiger charge is -2.31. The molecular formula is C28H31ClF3N3O4. The van der Waals surface area contributed by atoms with E-state index in [2.05, 4.69) is 21.7 Å². The summed E-state index contributed by atoms with van der Waals surface area (Å²) < 4.78 is 54.2. The Morgan fingerprint density at radius 2 is 1.72 bits per heavy atom. The van der Waals surface area contributed by atoms with Crippen LogP contribution in [-0.2, 0) is 15.1 Å². The first-order valence-corrected chi connectivity index (χ1v) is 12.5. The zero-order chi connectivity index (χ0) is 29.2. The van der Waals surface area contributed by atoms with E-state index in [-0.39, 0.29) is 17.4 Å². The summed E-state index contributed by atoms with van der Waals surface area (Å²) in [6, 6.07) is 12.5. The van der Waals surface area contributed by atoms with Gasteiger partial charge in [0.25, 0.3) is 0 Å². The first kappa shape index (κ1) is 30.0. The third kappa shape index (κ3) is 6.75. The highest BCUT2D eigenvalue weighted by atomic mass is 35.5. The fourth-order valence-electron chi connectivity index (χ4n) is 3.93. The Morgan fingerprint density at radius 1 is 1.08 bits per heavy atom. The third-order valence-corrected chi connectivity index (χ3v) is 6.40. The molecule has 0 spiro atoms. The number of allylic oxidation sites excluding steroid dienone is 1. The van der Waals surface area contributed by atoms with Gasteiger partial charge in [-0.25, -0.2) is 9.48 Å². The molecule has 3 rings (SSSR count). The summed E-state index contributed by atoms with van der Waals surface area (Å²) in [4.78, 5) is 12.3. The van der Waals surface area contributed by atoms with Crippen molar-refractivity contribution < 1.29 is 32.2 Å². The fourth-order valence-corrected chi connectivity index (χ4v) is 4.15. The number of nitrogens with zero attached hydrogens (tertiary/aromatic N) is 2. The van der Waals surface area contributed by atoms with Gasteiger partial charge in [0.2, 0.25) is 0 Å². The molecule has 1 heterocycles. The Bertz CT molecular complexity index is 1350. The smallest absolute Gasteiger partial charge is 0.475 e. The molecule has 2 aromatic carbocycles. The van der Waals surface area contributed by atoms with E-state index in [0.29, 0.717) is 28.4 Å². The van der Waals surface area contributed by atoms with Crippen LogP contribution in [0.2, 0.25) is 5.02 Å². The molecule has 3 aromatic rings. The largest absolute Gasteiger partial charge is 0.573 e. The molecule has 210 valence electrons. The summed E-state index contributed by atoms with van der Waals surface area (Å²) >= 11 is 6.59. The van der Waals surface area contributed by atoms with Gasteiger partial charge in [0, 0.05) is 11.3 Å². The van der Waals surface area contributed by atoms with E-state index < -0.39 is 23.5 Å². The SMILES string of the molecule is C=C(C)n1nc(-c2ccc(OC(F)(F)F)cc2)cc1C(C)(NC)c1ccc(OC(C)(C)C(=O)OCC)c(Cl)c1. The number of ether oxygens (including phenoxy) is 3. The van der Waals surface area contributed by atoms with Crippen LogP contribution in [0.1, 0.15) is 45.9 Å². The predicted molar refractivity (Wildman–Crippen MR) is 144 cm³/mol. The molecule has 0 radical (unpaired) electrons. The number of rotatable bonds is 10. The van der Waals surface area contributed by atoms with Gasteiger partial charge in [-0.2, -0.15) is 5.10 Å². The van der Waals surface area contributed by atoms with Crippen LogP contribution in [0.5, 0.6) is 11.5 Å². The standard InChI is InChI=1S/C28H31ClF3N3O4/c1-8-37-25(36)26(4,5)39-23-14-11-19(15-21(23)29)27(6,33-7)24-16-22(34-35(24)17(2)3)18-9-12-20(13-10-18)38-28(30,31)32/h9-16,33H,2,8H2,1,3-7H3. The maximum Gasteiger partial charge on any atom is 0.573 e. The summed E-state index contributed by atoms with van der Waals surface area (Å²) in [7, 11) is 1.78. The second-order valence-corrected chi connectivity index (χ2v) is 9.89. The zero-order valence-electron chi connectivity index (χ0n) is 22.6. The van der Waals surface area contributed by atoms with Gasteiger partial charge in [-0.05, 0) is 89.7 Å². The lowest BCUT2D eigenvalue weighted by Crippen LogP contribution is -2.40. The molecule has 0 aliphatic heterocycles. The molecule has 1 N–H and O–H groups in total. The number of halogens is 4. The van der Waals surface area contributed by atoms with Gasteiger partial charge in [-0.15, -0.1) is 13.2 Å². The van der Waals surface area contributed by atoms with Gasteiger partial charge in [0.15, 0.2) is 5.60 Å². The molecule has 0 aliphatic rings. The highest BCUT2D eigenvalue weighted by Crippen LogP contribution is 2.38. The van der Waals surface area contributed by atoms with Crippen molar-refractivity contribution in [2.75, 3.05) is 13.7 Å². The summed E-state index contributed by atoms with van der Waals surface area (Å²) in [5.74, 6) is -0.526. The first-order chi connectivity index (χ1) is 18.1. The highest BCUT2D eigenvalue weighted by molar-refractivity contribution is 6.32. The molecule has 0 fully saturated rings. The number of hydrogen-bond acceptors (Lipinski definition) is 6. The van der Waals surface area contributed by atoms with Crippen molar-refractivity contribution in [1.29, 1.82) is 0 Å². The van der Waals surface area contributed by atoms with Gasteiger partial charge < -0.3 is 19.5 Å². The van der Waals surface area contributed by atoms with Crippen LogP contribution in [0.4, 0.5) is 13.2 Å². The molecule has 7 nitrogen and oxygen atoms in total. The summed E-state index contributed by atoms with van der Waals surface area (Å²) in [6.45, 7) is 12.9. The Balaban J connectivity index is 2.00. The van der Waals surface area contributed by atoms with Crippen LogP contribution in [0.3, 0.4) is 0 Å². The van der Waals surface area contributed by atoms with Crippen molar-refractivity contribution in [3.63, 3.8) is 0 Å². The topological polar surface area (TPSA) is 74.6 Å².